The highest BCUT2D eigenvalue weighted by Gasteiger charge is 2.46. The van der Waals surface area contributed by atoms with E-state index in [4.69, 9.17) is 0 Å². The van der Waals surface area contributed by atoms with Crippen molar-refractivity contribution in [2.24, 2.45) is 10.8 Å². The SMILES string of the molecule is CC(C)(C)C(=O)N1CCC(c2ccc(O)cc2)C1C(=O)NC1CSSCC(C(=O)O)NC(=O)C2(CCCC2)CCNC1=O. The summed E-state index contributed by atoms with van der Waals surface area (Å²) < 4.78 is 0. The normalized spacial score (nSPS) is 26.9. The number of nitrogens with zero attached hydrogens (tertiary/aromatic N) is 1. The Morgan fingerprint density at radius 3 is 2.30 bits per heavy atom. The molecule has 236 valence electrons. The first kappa shape index (κ1) is 33.0. The lowest BCUT2D eigenvalue weighted by molar-refractivity contribution is -0.145. The number of amides is 4. The number of hydrogen-bond donors (Lipinski definition) is 5. The molecule has 1 aromatic carbocycles. The number of nitrogens with one attached hydrogen (secondary N) is 3. The maximum absolute atomic E-state index is 14.0. The van der Waals surface area contributed by atoms with Gasteiger partial charge in [-0.3, -0.25) is 19.2 Å². The van der Waals surface area contributed by atoms with Crippen molar-refractivity contribution < 1.29 is 34.2 Å². The Kier molecular flexibility index (Phi) is 10.6. The van der Waals surface area contributed by atoms with E-state index in [-0.39, 0.29) is 41.5 Å². The Hall–Kier alpha value is -2.93. The molecule has 0 bridgehead atoms. The fourth-order valence-corrected chi connectivity index (χ4v) is 8.51. The van der Waals surface area contributed by atoms with Crippen LogP contribution in [0.5, 0.6) is 5.75 Å². The zero-order valence-corrected chi connectivity index (χ0v) is 26.5. The maximum Gasteiger partial charge on any atom is 0.327 e. The first-order chi connectivity index (χ1) is 20.3. The van der Waals surface area contributed by atoms with Crippen LogP contribution >= 0.6 is 21.6 Å². The van der Waals surface area contributed by atoms with Gasteiger partial charge < -0.3 is 31.1 Å². The topological polar surface area (TPSA) is 165 Å². The van der Waals surface area contributed by atoms with Crippen LogP contribution in [0.25, 0.3) is 0 Å². The third-order valence-corrected chi connectivity index (χ3v) is 11.0. The van der Waals surface area contributed by atoms with Crippen molar-refractivity contribution in [2.75, 3.05) is 24.6 Å². The van der Waals surface area contributed by atoms with Crippen LogP contribution in [0.3, 0.4) is 0 Å². The molecule has 3 aliphatic rings. The second-order valence-corrected chi connectivity index (χ2v) is 15.3. The number of carboxylic acid groups (broad SMARTS) is 1. The van der Waals surface area contributed by atoms with Gasteiger partial charge in [-0.1, -0.05) is 67.3 Å². The van der Waals surface area contributed by atoms with Crippen LogP contribution in [-0.4, -0.2) is 87.4 Å². The first-order valence-corrected chi connectivity index (χ1v) is 17.3. The molecule has 43 heavy (non-hydrogen) atoms. The summed E-state index contributed by atoms with van der Waals surface area (Å²) in [5.74, 6) is -2.38. The summed E-state index contributed by atoms with van der Waals surface area (Å²) in [6, 6.07) is 3.73. The Labute approximate surface area is 260 Å². The number of phenolic OH excluding ortho intramolecular Hbond substituents is 1. The lowest BCUT2D eigenvalue weighted by Crippen LogP contribution is -2.56. The van der Waals surface area contributed by atoms with Crippen molar-refractivity contribution in [3.63, 3.8) is 0 Å². The monoisotopic (exact) mass is 634 g/mol. The average molecular weight is 635 g/mol. The molecule has 1 saturated carbocycles. The van der Waals surface area contributed by atoms with Gasteiger partial charge in [0.15, 0.2) is 0 Å². The van der Waals surface area contributed by atoms with Crippen molar-refractivity contribution in [2.45, 2.75) is 83.3 Å². The van der Waals surface area contributed by atoms with E-state index in [2.05, 4.69) is 16.0 Å². The number of carboxylic acids is 1. The first-order valence-electron chi connectivity index (χ1n) is 14.8. The molecular weight excluding hydrogens is 592 g/mol. The molecule has 4 amide bonds. The predicted octanol–water partition coefficient (Wildman–Crippen LogP) is 2.64. The van der Waals surface area contributed by atoms with Crippen LogP contribution in [0, 0.1) is 10.8 Å². The van der Waals surface area contributed by atoms with Crippen molar-refractivity contribution in [3.05, 3.63) is 29.8 Å². The number of likely N-dealkylation sites (tertiary alicyclic amines) is 1. The minimum absolute atomic E-state index is 0.0991. The van der Waals surface area contributed by atoms with E-state index in [0.29, 0.717) is 32.2 Å². The molecule has 1 spiro atoms. The van der Waals surface area contributed by atoms with Gasteiger partial charge in [-0.25, -0.2) is 4.79 Å². The summed E-state index contributed by atoms with van der Waals surface area (Å²) >= 11 is 0. The van der Waals surface area contributed by atoms with E-state index in [1.54, 1.807) is 49.9 Å². The van der Waals surface area contributed by atoms with Gasteiger partial charge in [-0.05, 0) is 43.4 Å². The zero-order chi connectivity index (χ0) is 31.4. The molecule has 1 aromatic rings. The summed E-state index contributed by atoms with van der Waals surface area (Å²) in [6.07, 6.45) is 3.89. The number of phenols is 1. The van der Waals surface area contributed by atoms with Crippen LogP contribution in [-0.2, 0) is 24.0 Å². The third-order valence-electron chi connectivity index (χ3n) is 8.62. The summed E-state index contributed by atoms with van der Waals surface area (Å²) in [6.45, 7) is 5.99. The number of aliphatic carboxylic acids is 1. The molecular formula is C30H42N4O7S2. The number of carbonyl (C=O) groups is 5. The van der Waals surface area contributed by atoms with Gasteiger partial charge in [0.05, 0.1) is 5.41 Å². The van der Waals surface area contributed by atoms with E-state index >= 15 is 0 Å². The highest BCUT2D eigenvalue weighted by molar-refractivity contribution is 8.76. The molecule has 0 radical (unpaired) electrons. The maximum atomic E-state index is 14.0. The second-order valence-electron chi connectivity index (χ2n) is 12.7. The Morgan fingerprint density at radius 1 is 1.02 bits per heavy atom. The summed E-state index contributed by atoms with van der Waals surface area (Å²) in [5, 5.41) is 28.1. The standard InChI is InChI=1S/C30H42N4O7S2/c1-29(2,3)28(41)34-15-10-20(18-6-8-19(35)9-7-18)23(34)25(37)32-21-16-42-43-17-22(26(38)39)33-27(40)30(11-4-5-12-30)13-14-31-24(21)36/h6-9,20-23,35H,4-5,10-17H2,1-3H3,(H,31,36)(H,32,37)(H,33,40)(H,38,39). The van der Waals surface area contributed by atoms with Crippen molar-refractivity contribution in [1.82, 2.24) is 20.9 Å². The molecule has 11 nitrogen and oxygen atoms in total. The van der Waals surface area contributed by atoms with E-state index in [0.717, 1.165) is 18.4 Å². The molecule has 4 rings (SSSR count). The largest absolute Gasteiger partial charge is 0.508 e. The second kappa shape index (κ2) is 13.8. The van der Waals surface area contributed by atoms with Crippen molar-refractivity contribution >= 4 is 51.2 Å². The van der Waals surface area contributed by atoms with Crippen LogP contribution in [0.2, 0.25) is 0 Å². The Balaban J connectivity index is 1.56. The molecule has 0 aromatic heterocycles. The van der Waals surface area contributed by atoms with Gasteiger partial charge in [-0.2, -0.15) is 0 Å². The molecule has 4 atom stereocenters. The fourth-order valence-electron chi connectivity index (χ4n) is 6.19. The summed E-state index contributed by atoms with van der Waals surface area (Å²) in [5.41, 5.74) is -0.647. The van der Waals surface area contributed by atoms with E-state index in [1.807, 2.05) is 0 Å². The molecule has 2 saturated heterocycles. The van der Waals surface area contributed by atoms with Gasteiger partial charge >= 0.3 is 5.97 Å². The number of rotatable bonds is 4. The molecule has 5 N–H and O–H groups in total. The molecule has 3 fully saturated rings. The molecule has 13 heteroatoms. The van der Waals surface area contributed by atoms with Gasteiger partial charge in [0.2, 0.25) is 23.6 Å². The Bertz CT molecular complexity index is 1210. The van der Waals surface area contributed by atoms with Crippen LogP contribution in [0.15, 0.2) is 24.3 Å². The minimum Gasteiger partial charge on any atom is -0.508 e. The fraction of sp³-hybridized carbons (Fsp3) is 0.633. The molecule has 2 heterocycles. The zero-order valence-electron chi connectivity index (χ0n) is 24.9. The number of carbonyl (C=O) groups excluding carboxylic acids is 4. The molecule has 4 unspecified atom stereocenters. The third kappa shape index (κ3) is 7.78. The quantitative estimate of drug-likeness (QED) is 0.313. The lowest BCUT2D eigenvalue weighted by Gasteiger charge is -2.33. The summed E-state index contributed by atoms with van der Waals surface area (Å²) in [7, 11) is 2.46. The predicted molar refractivity (Wildman–Crippen MR) is 165 cm³/mol. The molecule has 2 aliphatic heterocycles. The van der Waals surface area contributed by atoms with E-state index in [9.17, 15) is 34.2 Å². The molecule has 1 aliphatic carbocycles. The van der Waals surface area contributed by atoms with Crippen LogP contribution in [0.1, 0.15) is 70.8 Å². The number of aromatic hydroxyl groups is 1. The van der Waals surface area contributed by atoms with Gasteiger partial charge in [-0.15, -0.1) is 0 Å². The van der Waals surface area contributed by atoms with Gasteiger partial charge in [0.25, 0.3) is 0 Å². The minimum atomic E-state index is -1.12. The van der Waals surface area contributed by atoms with E-state index in [1.165, 1.54) is 21.6 Å². The lowest BCUT2D eigenvalue weighted by atomic mass is 9.81. The van der Waals surface area contributed by atoms with Crippen LogP contribution < -0.4 is 16.0 Å². The van der Waals surface area contributed by atoms with E-state index < -0.39 is 46.7 Å². The number of benzene rings is 1. The summed E-state index contributed by atoms with van der Waals surface area (Å²) in [4.78, 5) is 67.6. The van der Waals surface area contributed by atoms with Gasteiger partial charge in [0.1, 0.15) is 23.9 Å². The average Bonchev–Trinajstić information content (AvgIpc) is 3.61. The highest BCUT2D eigenvalue weighted by Crippen LogP contribution is 2.42. The smallest absolute Gasteiger partial charge is 0.327 e. The van der Waals surface area contributed by atoms with Crippen molar-refractivity contribution in [3.8, 4) is 5.75 Å². The van der Waals surface area contributed by atoms with Gasteiger partial charge in [0, 0.05) is 35.9 Å². The van der Waals surface area contributed by atoms with Crippen molar-refractivity contribution in [1.29, 1.82) is 0 Å². The highest BCUT2D eigenvalue weighted by atomic mass is 33.1. The van der Waals surface area contributed by atoms with Crippen LogP contribution in [0.4, 0.5) is 0 Å². The number of hydrogen-bond acceptors (Lipinski definition) is 8. The Morgan fingerprint density at radius 2 is 1.67 bits per heavy atom.